The van der Waals surface area contributed by atoms with Crippen molar-refractivity contribution in [1.29, 1.82) is 0 Å². The molecule has 0 bridgehead atoms. The molecule has 0 radical (unpaired) electrons. The van der Waals surface area contributed by atoms with Crippen molar-refractivity contribution in [3.8, 4) is 45.3 Å². The molecule has 1 heterocycles. The Morgan fingerprint density at radius 3 is 1.84 bits per heavy atom. The molecule has 0 fully saturated rings. The maximum Gasteiger partial charge on any atom is 0.284 e. The summed E-state index contributed by atoms with van der Waals surface area (Å²) in [6, 6.07) is 36.7. The second-order valence-electron chi connectivity index (χ2n) is 9.00. The van der Waals surface area contributed by atoms with Crippen LogP contribution in [0.15, 0.2) is 115 Å². The topological polar surface area (TPSA) is 61.6 Å². The molecule has 5 heteroatoms. The Morgan fingerprint density at radius 2 is 1.11 bits per heavy atom. The molecule has 0 spiro atoms. The third kappa shape index (κ3) is 3.48. The predicted molar refractivity (Wildman–Crippen MR) is 146 cm³/mol. The van der Waals surface area contributed by atoms with E-state index in [2.05, 4.69) is 6.07 Å². The molecule has 5 nitrogen and oxygen atoms in total. The lowest BCUT2D eigenvalue weighted by Crippen LogP contribution is -1.99. The summed E-state index contributed by atoms with van der Waals surface area (Å²) in [4.78, 5) is 12.1. The lowest BCUT2D eigenvalue weighted by Gasteiger charge is -2.21. The molecule has 0 atom stereocenters. The molecule has 37 heavy (non-hydrogen) atoms. The van der Waals surface area contributed by atoms with E-state index in [0.717, 1.165) is 32.8 Å². The molecule has 176 valence electrons. The van der Waals surface area contributed by atoms with Gasteiger partial charge in [0.05, 0.1) is 15.9 Å². The average molecular weight is 482 g/mol. The second kappa shape index (κ2) is 8.21. The molecule has 0 saturated carbocycles. The van der Waals surface area contributed by atoms with Crippen LogP contribution in [0.25, 0.3) is 43.8 Å². The van der Waals surface area contributed by atoms with Crippen LogP contribution in [0.2, 0.25) is 0 Å². The smallest absolute Gasteiger partial charge is 0.284 e. The Morgan fingerprint density at radius 1 is 0.514 bits per heavy atom. The predicted octanol–water partition coefficient (Wildman–Crippen LogP) is 9.13. The van der Waals surface area contributed by atoms with Gasteiger partial charge in [-0.25, -0.2) is 0 Å². The zero-order valence-electron chi connectivity index (χ0n) is 19.5. The van der Waals surface area contributed by atoms with E-state index in [1.54, 1.807) is 6.07 Å². The number of rotatable bonds is 3. The van der Waals surface area contributed by atoms with Gasteiger partial charge in [-0.1, -0.05) is 66.7 Å². The van der Waals surface area contributed by atoms with E-state index in [1.165, 1.54) is 0 Å². The molecule has 0 saturated heterocycles. The highest BCUT2D eigenvalue weighted by Gasteiger charge is 2.24. The Bertz CT molecular complexity index is 1880. The normalized spacial score (nSPS) is 11.9. The summed E-state index contributed by atoms with van der Waals surface area (Å²) in [5.41, 5.74) is 3.21. The molecule has 1 aliphatic rings. The van der Waals surface area contributed by atoms with Gasteiger partial charge in [0.1, 0.15) is 0 Å². The molecule has 7 rings (SSSR count). The van der Waals surface area contributed by atoms with Gasteiger partial charge in [-0.2, -0.15) is 0 Å². The van der Waals surface area contributed by atoms with E-state index in [0.29, 0.717) is 33.9 Å². The lowest BCUT2D eigenvalue weighted by atomic mass is 9.89. The van der Waals surface area contributed by atoms with Gasteiger partial charge in [0.15, 0.2) is 23.0 Å². The van der Waals surface area contributed by atoms with Gasteiger partial charge in [0.25, 0.3) is 5.69 Å². The Balaban J connectivity index is 1.48. The summed E-state index contributed by atoms with van der Waals surface area (Å²) < 4.78 is 12.2. The fourth-order valence-corrected chi connectivity index (χ4v) is 5.07. The average Bonchev–Trinajstić information content (AvgIpc) is 2.94. The van der Waals surface area contributed by atoms with Crippen molar-refractivity contribution >= 4 is 27.2 Å². The summed E-state index contributed by atoms with van der Waals surface area (Å²) in [5, 5.41) is 15.9. The maximum absolute atomic E-state index is 12.4. The van der Waals surface area contributed by atoms with E-state index in [-0.39, 0.29) is 10.6 Å². The first-order valence-electron chi connectivity index (χ1n) is 11.9. The molecule has 1 aliphatic heterocycles. The Labute approximate surface area is 212 Å². The van der Waals surface area contributed by atoms with Crippen molar-refractivity contribution in [3.05, 3.63) is 125 Å². The number of nitro groups is 1. The first-order chi connectivity index (χ1) is 18.2. The quantitative estimate of drug-likeness (QED) is 0.186. The number of nitrogens with zero attached hydrogens (tertiary/aromatic N) is 1. The van der Waals surface area contributed by atoms with Crippen LogP contribution in [0.3, 0.4) is 0 Å². The van der Waals surface area contributed by atoms with Gasteiger partial charge in [-0.05, 0) is 81.4 Å². The van der Waals surface area contributed by atoms with Crippen molar-refractivity contribution in [2.24, 2.45) is 0 Å². The molecule has 0 aliphatic carbocycles. The fourth-order valence-electron chi connectivity index (χ4n) is 5.07. The van der Waals surface area contributed by atoms with E-state index in [4.69, 9.17) is 9.47 Å². The third-order valence-electron chi connectivity index (χ3n) is 6.80. The second-order valence-corrected chi connectivity index (χ2v) is 9.00. The van der Waals surface area contributed by atoms with Crippen LogP contribution in [0.4, 0.5) is 5.69 Å². The van der Waals surface area contributed by atoms with Gasteiger partial charge in [0.2, 0.25) is 0 Å². The maximum atomic E-state index is 12.4. The van der Waals surface area contributed by atoms with Crippen molar-refractivity contribution in [2.45, 2.75) is 0 Å². The van der Waals surface area contributed by atoms with Gasteiger partial charge in [-0.3, -0.25) is 10.1 Å². The van der Waals surface area contributed by atoms with Gasteiger partial charge in [0, 0.05) is 0 Å². The highest BCUT2D eigenvalue weighted by molar-refractivity contribution is 6.04. The number of nitro benzene ring substituents is 1. The number of hydrogen-bond acceptors (Lipinski definition) is 4. The van der Waals surface area contributed by atoms with E-state index in [1.807, 2.05) is 103 Å². The highest BCUT2D eigenvalue weighted by Crippen LogP contribution is 2.48. The summed E-state index contributed by atoms with van der Waals surface area (Å²) in [5.74, 6) is 2.54. The first kappa shape index (κ1) is 21.1. The van der Waals surface area contributed by atoms with Gasteiger partial charge in [-0.15, -0.1) is 0 Å². The molecular weight excluding hydrogens is 462 g/mol. The zero-order chi connectivity index (χ0) is 24.9. The van der Waals surface area contributed by atoms with Crippen molar-refractivity contribution in [2.75, 3.05) is 0 Å². The molecule has 0 amide bonds. The monoisotopic (exact) mass is 481 g/mol. The van der Waals surface area contributed by atoms with E-state index in [9.17, 15) is 10.1 Å². The number of para-hydroxylation sites is 2. The van der Waals surface area contributed by atoms with E-state index >= 15 is 0 Å². The molecule has 0 unspecified atom stereocenters. The van der Waals surface area contributed by atoms with Crippen LogP contribution < -0.4 is 9.47 Å². The SMILES string of the molecule is O=[N+]([O-])c1c(-c2cc3ccccc3cc2-c2ccc3c(c2)Oc2ccccc2O3)ccc2ccccc12. The fraction of sp³-hybridized carbons (Fsp3) is 0. The standard InChI is InChI=1S/C32H19NO4/c34-33(35)32-24-10-4-3-7-20(24)13-15-25(32)27-18-22-9-2-1-8-21(22)17-26(27)23-14-16-30-31(19-23)37-29-12-6-5-11-28(29)36-30/h1-19H. The minimum absolute atomic E-state index is 0.0982. The molecular formula is C32H19NO4. The Kier molecular flexibility index (Phi) is 4.69. The summed E-state index contributed by atoms with van der Waals surface area (Å²) in [6.07, 6.45) is 0. The number of hydrogen-bond donors (Lipinski definition) is 0. The third-order valence-corrected chi connectivity index (χ3v) is 6.80. The lowest BCUT2D eigenvalue weighted by molar-refractivity contribution is -0.382. The highest BCUT2D eigenvalue weighted by atomic mass is 16.6. The van der Waals surface area contributed by atoms with Gasteiger partial charge < -0.3 is 9.47 Å². The van der Waals surface area contributed by atoms with Crippen LogP contribution in [0.5, 0.6) is 23.0 Å². The van der Waals surface area contributed by atoms with Crippen LogP contribution in [-0.2, 0) is 0 Å². The molecule has 0 N–H and O–H groups in total. The van der Waals surface area contributed by atoms with Crippen LogP contribution in [-0.4, -0.2) is 4.92 Å². The number of benzene rings is 6. The van der Waals surface area contributed by atoms with Crippen molar-refractivity contribution in [1.82, 2.24) is 0 Å². The summed E-state index contributed by atoms with van der Waals surface area (Å²) in [7, 11) is 0. The van der Waals surface area contributed by atoms with Crippen molar-refractivity contribution < 1.29 is 14.4 Å². The molecule has 6 aromatic carbocycles. The zero-order valence-corrected chi connectivity index (χ0v) is 19.5. The summed E-state index contributed by atoms with van der Waals surface area (Å²) in [6.45, 7) is 0. The first-order valence-corrected chi connectivity index (χ1v) is 11.9. The van der Waals surface area contributed by atoms with Gasteiger partial charge >= 0.3 is 0 Å². The van der Waals surface area contributed by atoms with Crippen LogP contribution in [0, 0.1) is 10.1 Å². The van der Waals surface area contributed by atoms with Crippen LogP contribution >= 0.6 is 0 Å². The van der Waals surface area contributed by atoms with E-state index < -0.39 is 0 Å². The number of ether oxygens (including phenoxy) is 2. The minimum Gasteiger partial charge on any atom is -0.450 e. The summed E-state index contributed by atoms with van der Waals surface area (Å²) >= 11 is 0. The minimum atomic E-state index is -0.280. The number of fused-ring (bicyclic) bond motifs is 4. The molecule has 6 aromatic rings. The Hall–Kier alpha value is -5.16. The van der Waals surface area contributed by atoms with Crippen LogP contribution in [0.1, 0.15) is 0 Å². The van der Waals surface area contributed by atoms with Crippen molar-refractivity contribution in [3.63, 3.8) is 0 Å². The molecule has 0 aromatic heterocycles. The largest absolute Gasteiger partial charge is 0.450 e.